The highest BCUT2D eigenvalue weighted by Gasteiger charge is 2.23. The van der Waals surface area contributed by atoms with E-state index in [0.29, 0.717) is 12.3 Å². The standard InChI is InChI=1S/C17H19NO3/c1-20-15-11-7-6-10-14(15)16(17(19)21-2)18-12-13-8-4-3-5-9-13/h3-11,16,18H,12H2,1-2H3. The van der Waals surface area contributed by atoms with Crippen LogP contribution in [0.15, 0.2) is 54.6 Å². The first-order valence-corrected chi connectivity index (χ1v) is 6.74. The number of methoxy groups -OCH3 is 2. The molecule has 0 heterocycles. The van der Waals surface area contributed by atoms with Gasteiger partial charge < -0.3 is 9.47 Å². The molecule has 0 aliphatic carbocycles. The first-order valence-electron chi connectivity index (χ1n) is 6.74. The highest BCUT2D eigenvalue weighted by atomic mass is 16.5. The molecule has 1 N–H and O–H groups in total. The lowest BCUT2D eigenvalue weighted by Crippen LogP contribution is -2.29. The molecular weight excluding hydrogens is 266 g/mol. The van der Waals surface area contributed by atoms with Gasteiger partial charge in [-0.15, -0.1) is 0 Å². The monoisotopic (exact) mass is 285 g/mol. The van der Waals surface area contributed by atoms with Crippen molar-refractivity contribution in [3.63, 3.8) is 0 Å². The lowest BCUT2D eigenvalue weighted by molar-refractivity contribution is -0.143. The van der Waals surface area contributed by atoms with E-state index in [-0.39, 0.29) is 5.97 Å². The van der Waals surface area contributed by atoms with Gasteiger partial charge in [0.15, 0.2) is 0 Å². The van der Waals surface area contributed by atoms with Gasteiger partial charge in [0.1, 0.15) is 11.8 Å². The number of ether oxygens (including phenoxy) is 2. The molecule has 0 radical (unpaired) electrons. The molecule has 1 atom stereocenters. The zero-order chi connectivity index (χ0) is 15.1. The molecule has 0 aliphatic heterocycles. The highest BCUT2D eigenvalue weighted by Crippen LogP contribution is 2.26. The van der Waals surface area contributed by atoms with Crippen molar-refractivity contribution in [2.24, 2.45) is 0 Å². The third-order valence-corrected chi connectivity index (χ3v) is 3.24. The molecule has 4 heteroatoms. The summed E-state index contributed by atoms with van der Waals surface area (Å²) < 4.78 is 10.2. The molecule has 2 aromatic carbocycles. The number of benzene rings is 2. The second kappa shape index (κ2) is 7.45. The summed E-state index contributed by atoms with van der Waals surface area (Å²) in [5.74, 6) is 0.323. The van der Waals surface area contributed by atoms with Gasteiger partial charge in [-0.3, -0.25) is 5.32 Å². The van der Waals surface area contributed by atoms with E-state index < -0.39 is 6.04 Å². The molecule has 0 fully saturated rings. The number of para-hydroxylation sites is 1. The van der Waals surface area contributed by atoms with Crippen molar-refractivity contribution in [1.82, 2.24) is 5.32 Å². The second-order valence-electron chi connectivity index (χ2n) is 4.56. The van der Waals surface area contributed by atoms with Gasteiger partial charge in [0.25, 0.3) is 0 Å². The van der Waals surface area contributed by atoms with Crippen molar-refractivity contribution < 1.29 is 14.3 Å². The van der Waals surface area contributed by atoms with E-state index in [1.54, 1.807) is 7.11 Å². The highest BCUT2D eigenvalue weighted by molar-refractivity contribution is 5.78. The van der Waals surface area contributed by atoms with Crippen LogP contribution in [0.4, 0.5) is 0 Å². The molecule has 21 heavy (non-hydrogen) atoms. The molecular formula is C17H19NO3. The fourth-order valence-electron chi connectivity index (χ4n) is 2.16. The molecule has 2 aromatic rings. The fraction of sp³-hybridized carbons (Fsp3) is 0.235. The lowest BCUT2D eigenvalue weighted by atomic mass is 10.1. The number of carbonyl (C=O) groups is 1. The summed E-state index contributed by atoms with van der Waals surface area (Å²) in [4.78, 5) is 12.1. The number of carbonyl (C=O) groups excluding carboxylic acids is 1. The van der Waals surface area contributed by atoms with E-state index in [4.69, 9.17) is 9.47 Å². The Morgan fingerprint density at radius 1 is 1.05 bits per heavy atom. The lowest BCUT2D eigenvalue weighted by Gasteiger charge is -2.19. The van der Waals surface area contributed by atoms with Crippen molar-refractivity contribution >= 4 is 5.97 Å². The van der Waals surface area contributed by atoms with Crippen LogP contribution in [0, 0.1) is 0 Å². The molecule has 0 bridgehead atoms. The van der Waals surface area contributed by atoms with Crippen LogP contribution in [0.25, 0.3) is 0 Å². The number of hydrogen-bond donors (Lipinski definition) is 1. The smallest absolute Gasteiger partial charge is 0.327 e. The fourth-order valence-corrected chi connectivity index (χ4v) is 2.16. The summed E-state index contributed by atoms with van der Waals surface area (Å²) in [6, 6.07) is 16.8. The summed E-state index contributed by atoms with van der Waals surface area (Å²) >= 11 is 0. The summed E-state index contributed by atoms with van der Waals surface area (Å²) in [6.07, 6.45) is 0. The van der Waals surface area contributed by atoms with Gasteiger partial charge in [-0.05, 0) is 11.6 Å². The number of hydrogen-bond acceptors (Lipinski definition) is 4. The zero-order valence-electron chi connectivity index (χ0n) is 12.2. The minimum atomic E-state index is -0.564. The minimum absolute atomic E-state index is 0.338. The molecule has 0 spiro atoms. The van der Waals surface area contributed by atoms with Gasteiger partial charge in [0.2, 0.25) is 0 Å². The Balaban J connectivity index is 2.20. The molecule has 1 unspecified atom stereocenters. The second-order valence-corrected chi connectivity index (χ2v) is 4.56. The van der Waals surface area contributed by atoms with Crippen molar-refractivity contribution in [2.75, 3.05) is 14.2 Å². The van der Waals surface area contributed by atoms with Gasteiger partial charge in [-0.1, -0.05) is 48.5 Å². The number of esters is 1. The maximum absolute atomic E-state index is 12.1. The quantitative estimate of drug-likeness (QED) is 0.829. The number of nitrogens with one attached hydrogen (secondary N) is 1. The average Bonchev–Trinajstić information content (AvgIpc) is 2.56. The van der Waals surface area contributed by atoms with Crippen LogP contribution in [0.5, 0.6) is 5.75 Å². The predicted octanol–water partition coefficient (Wildman–Crippen LogP) is 2.70. The third kappa shape index (κ3) is 3.83. The molecule has 0 saturated carbocycles. The molecule has 0 aromatic heterocycles. The van der Waals surface area contributed by atoms with Crippen LogP contribution in [0.1, 0.15) is 17.2 Å². The van der Waals surface area contributed by atoms with Gasteiger partial charge in [-0.25, -0.2) is 4.79 Å². The van der Waals surface area contributed by atoms with E-state index in [0.717, 1.165) is 11.1 Å². The van der Waals surface area contributed by atoms with Crippen molar-refractivity contribution in [2.45, 2.75) is 12.6 Å². The van der Waals surface area contributed by atoms with Gasteiger partial charge in [-0.2, -0.15) is 0 Å². The SMILES string of the molecule is COC(=O)C(NCc1ccccc1)c1ccccc1OC. The normalized spacial score (nSPS) is 11.7. The molecule has 4 nitrogen and oxygen atoms in total. The van der Waals surface area contributed by atoms with Gasteiger partial charge in [0, 0.05) is 12.1 Å². The van der Waals surface area contributed by atoms with Crippen LogP contribution in [-0.4, -0.2) is 20.2 Å². The predicted molar refractivity (Wildman–Crippen MR) is 81.0 cm³/mol. The van der Waals surface area contributed by atoms with E-state index >= 15 is 0 Å². The first-order chi connectivity index (χ1) is 10.3. The van der Waals surface area contributed by atoms with Crippen LogP contribution < -0.4 is 10.1 Å². The largest absolute Gasteiger partial charge is 0.496 e. The summed E-state index contributed by atoms with van der Waals surface area (Å²) in [6.45, 7) is 0.568. The Bertz CT molecular complexity index is 584. The summed E-state index contributed by atoms with van der Waals surface area (Å²) in [5.41, 5.74) is 1.86. The zero-order valence-corrected chi connectivity index (χ0v) is 12.2. The maximum Gasteiger partial charge on any atom is 0.327 e. The molecule has 2 rings (SSSR count). The van der Waals surface area contributed by atoms with E-state index in [9.17, 15) is 4.79 Å². The Hall–Kier alpha value is -2.33. The summed E-state index contributed by atoms with van der Waals surface area (Å²) in [7, 11) is 2.97. The van der Waals surface area contributed by atoms with Gasteiger partial charge in [0.05, 0.1) is 14.2 Å². The topological polar surface area (TPSA) is 47.6 Å². The van der Waals surface area contributed by atoms with Crippen LogP contribution >= 0.6 is 0 Å². The van der Waals surface area contributed by atoms with E-state index in [1.807, 2.05) is 54.6 Å². The Kier molecular flexibility index (Phi) is 5.35. The van der Waals surface area contributed by atoms with Gasteiger partial charge >= 0.3 is 5.97 Å². The van der Waals surface area contributed by atoms with Crippen molar-refractivity contribution in [1.29, 1.82) is 0 Å². The Morgan fingerprint density at radius 2 is 1.71 bits per heavy atom. The Morgan fingerprint density at radius 3 is 2.38 bits per heavy atom. The number of rotatable bonds is 6. The van der Waals surface area contributed by atoms with Crippen LogP contribution in [0.2, 0.25) is 0 Å². The average molecular weight is 285 g/mol. The third-order valence-electron chi connectivity index (χ3n) is 3.24. The minimum Gasteiger partial charge on any atom is -0.496 e. The summed E-state index contributed by atoms with van der Waals surface area (Å²) in [5, 5.41) is 3.22. The molecule has 0 aliphatic rings. The maximum atomic E-state index is 12.1. The first kappa shape index (κ1) is 15.1. The van der Waals surface area contributed by atoms with Crippen molar-refractivity contribution in [3.05, 3.63) is 65.7 Å². The van der Waals surface area contributed by atoms with E-state index in [2.05, 4.69) is 5.32 Å². The van der Waals surface area contributed by atoms with E-state index in [1.165, 1.54) is 7.11 Å². The Labute approximate surface area is 124 Å². The molecule has 110 valence electrons. The van der Waals surface area contributed by atoms with Crippen LogP contribution in [0.3, 0.4) is 0 Å². The van der Waals surface area contributed by atoms with Crippen LogP contribution in [-0.2, 0) is 16.1 Å². The van der Waals surface area contributed by atoms with Crippen molar-refractivity contribution in [3.8, 4) is 5.75 Å². The molecule has 0 amide bonds. The molecule has 0 saturated heterocycles.